The molecule has 24 heavy (non-hydrogen) atoms. The van der Waals surface area contributed by atoms with E-state index in [-0.39, 0.29) is 11.7 Å². The zero-order chi connectivity index (χ0) is 16.7. The van der Waals surface area contributed by atoms with Crippen LogP contribution in [0, 0.1) is 11.7 Å². The van der Waals surface area contributed by atoms with Gasteiger partial charge in [-0.1, -0.05) is 19.1 Å². The van der Waals surface area contributed by atoms with Crippen LogP contribution in [0.1, 0.15) is 47.9 Å². The van der Waals surface area contributed by atoms with Crippen molar-refractivity contribution in [1.82, 2.24) is 14.7 Å². The largest absolute Gasteiger partial charge is 0.337 e. The van der Waals surface area contributed by atoms with Crippen molar-refractivity contribution in [3.05, 3.63) is 47.0 Å². The quantitative estimate of drug-likeness (QED) is 0.848. The van der Waals surface area contributed by atoms with Gasteiger partial charge in [0.05, 0.1) is 0 Å². The van der Waals surface area contributed by atoms with Crippen molar-refractivity contribution in [2.45, 2.75) is 39.0 Å². The summed E-state index contributed by atoms with van der Waals surface area (Å²) in [6.45, 7) is 3.77. The van der Waals surface area contributed by atoms with Gasteiger partial charge in [0.1, 0.15) is 11.5 Å². The molecule has 2 aliphatic rings. The van der Waals surface area contributed by atoms with Crippen molar-refractivity contribution in [2.24, 2.45) is 5.92 Å². The van der Waals surface area contributed by atoms with E-state index in [1.54, 1.807) is 22.9 Å². The molecule has 0 bridgehead atoms. The number of benzene rings is 1. The minimum absolute atomic E-state index is 0.00906. The van der Waals surface area contributed by atoms with Gasteiger partial charge < -0.3 is 4.90 Å². The fourth-order valence-corrected chi connectivity index (χ4v) is 3.96. The standard InChI is InChI=1S/C19H22FN3O/c1-13-6-5-11-22(12-13)19(24)18-14-7-4-10-16(14)23(21-18)17-9-3-2-8-15(17)20/h2-3,8-9,13H,4-7,10-12H2,1H3. The van der Waals surface area contributed by atoms with E-state index in [9.17, 15) is 9.18 Å². The summed E-state index contributed by atoms with van der Waals surface area (Å²) in [4.78, 5) is 14.9. The van der Waals surface area contributed by atoms with Crippen molar-refractivity contribution in [2.75, 3.05) is 13.1 Å². The average molecular weight is 327 g/mol. The Balaban J connectivity index is 1.74. The van der Waals surface area contributed by atoms with E-state index in [1.165, 1.54) is 12.5 Å². The summed E-state index contributed by atoms with van der Waals surface area (Å²) in [7, 11) is 0. The van der Waals surface area contributed by atoms with Gasteiger partial charge in [-0.2, -0.15) is 5.10 Å². The lowest BCUT2D eigenvalue weighted by atomic mass is 10.00. The first-order valence-electron chi connectivity index (χ1n) is 8.80. The van der Waals surface area contributed by atoms with Gasteiger partial charge in [0, 0.05) is 24.3 Å². The molecule has 1 aromatic heterocycles. The smallest absolute Gasteiger partial charge is 0.274 e. The number of carbonyl (C=O) groups excluding carboxylic acids is 1. The van der Waals surface area contributed by atoms with Gasteiger partial charge in [0.15, 0.2) is 5.69 Å². The maximum absolute atomic E-state index is 14.2. The number of amides is 1. The lowest BCUT2D eigenvalue weighted by molar-refractivity contribution is 0.0675. The van der Waals surface area contributed by atoms with Crippen LogP contribution < -0.4 is 0 Å². The SMILES string of the molecule is CC1CCCN(C(=O)c2nn(-c3ccccc3F)c3c2CCC3)C1. The number of likely N-dealkylation sites (tertiary alicyclic amines) is 1. The Kier molecular flexibility index (Phi) is 3.87. The number of rotatable bonds is 2. The third-order valence-electron chi connectivity index (χ3n) is 5.16. The minimum Gasteiger partial charge on any atom is -0.337 e. The van der Waals surface area contributed by atoms with Crippen LogP contribution in [0.3, 0.4) is 0 Å². The first kappa shape index (κ1) is 15.4. The molecule has 1 atom stereocenters. The Morgan fingerprint density at radius 3 is 2.88 bits per heavy atom. The van der Waals surface area contributed by atoms with E-state index < -0.39 is 0 Å². The molecule has 126 valence electrons. The van der Waals surface area contributed by atoms with E-state index in [4.69, 9.17) is 0 Å². The lowest BCUT2D eigenvalue weighted by Gasteiger charge is -2.30. The van der Waals surface area contributed by atoms with Crippen molar-refractivity contribution < 1.29 is 9.18 Å². The summed E-state index contributed by atoms with van der Waals surface area (Å²) in [5, 5.41) is 4.55. The van der Waals surface area contributed by atoms with Crippen molar-refractivity contribution in [3.8, 4) is 5.69 Å². The lowest BCUT2D eigenvalue weighted by Crippen LogP contribution is -2.39. The van der Waals surface area contributed by atoms with Crippen LogP contribution >= 0.6 is 0 Å². The van der Waals surface area contributed by atoms with E-state index in [2.05, 4.69) is 12.0 Å². The minimum atomic E-state index is -0.305. The van der Waals surface area contributed by atoms with Crippen molar-refractivity contribution in [3.63, 3.8) is 0 Å². The number of carbonyl (C=O) groups is 1. The molecule has 1 aliphatic heterocycles. The van der Waals surface area contributed by atoms with Crippen LogP contribution in [0.15, 0.2) is 24.3 Å². The molecule has 1 aromatic carbocycles. The molecule has 4 nitrogen and oxygen atoms in total. The number of hydrogen-bond acceptors (Lipinski definition) is 2. The fraction of sp³-hybridized carbons (Fsp3) is 0.474. The van der Waals surface area contributed by atoms with Crippen molar-refractivity contribution >= 4 is 5.91 Å². The van der Waals surface area contributed by atoms with E-state index >= 15 is 0 Å². The third kappa shape index (κ3) is 2.52. The first-order chi connectivity index (χ1) is 11.6. The predicted octanol–water partition coefficient (Wildman–Crippen LogP) is 3.37. The molecular weight excluding hydrogens is 305 g/mol. The van der Waals surface area contributed by atoms with Crippen LogP contribution in [0.5, 0.6) is 0 Å². The van der Waals surface area contributed by atoms with Gasteiger partial charge in [-0.3, -0.25) is 4.79 Å². The highest BCUT2D eigenvalue weighted by molar-refractivity contribution is 5.94. The Labute approximate surface area is 141 Å². The second-order valence-electron chi connectivity index (χ2n) is 6.99. The molecule has 2 aromatic rings. The van der Waals surface area contributed by atoms with Crippen LogP contribution in [-0.4, -0.2) is 33.7 Å². The summed E-state index contributed by atoms with van der Waals surface area (Å²) in [6.07, 6.45) is 4.92. The van der Waals surface area contributed by atoms with Gasteiger partial charge in [0.2, 0.25) is 0 Å². The molecule has 5 heteroatoms. The zero-order valence-corrected chi connectivity index (χ0v) is 14.0. The average Bonchev–Trinajstić information content (AvgIpc) is 3.17. The molecule has 0 saturated carbocycles. The maximum atomic E-state index is 14.2. The number of fused-ring (bicyclic) bond motifs is 1. The molecule has 1 aliphatic carbocycles. The summed E-state index contributed by atoms with van der Waals surface area (Å²) >= 11 is 0. The number of para-hydroxylation sites is 1. The summed E-state index contributed by atoms with van der Waals surface area (Å²) < 4.78 is 15.9. The Morgan fingerprint density at radius 2 is 2.08 bits per heavy atom. The first-order valence-corrected chi connectivity index (χ1v) is 8.80. The number of aromatic nitrogens is 2. The molecule has 2 heterocycles. The van der Waals surface area contributed by atoms with Crippen LogP contribution in [0.4, 0.5) is 4.39 Å². The van der Waals surface area contributed by atoms with Gasteiger partial charge in [0.25, 0.3) is 5.91 Å². The van der Waals surface area contributed by atoms with Crippen molar-refractivity contribution in [1.29, 1.82) is 0 Å². The Morgan fingerprint density at radius 1 is 1.25 bits per heavy atom. The highest BCUT2D eigenvalue weighted by atomic mass is 19.1. The fourth-order valence-electron chi connectivity index (χ4n) is 3.96. The molecule has 0 spiro atoms. The maximum Gasteiger partial charge on any atom is 0.274 e. The topological polar surface area (TPSA) is 38.1 Å². The molecule has 0 radical (unpaired) electrons. The van der Waals surface area contributed by atoms with Crippen LogP contribution in [0.25, 0.3) is 5.69 Å². The molecule has 1 unspecified atom stereocenters. The highest BCUT2D eigenvalue weighted by Gasteiger charge is 2.31. The van der Waals surface area contributed by atoms with E-state index in [1.807, 2.05) is 4.90 Å². The number of hydrogen-bond donors (Lipinski definition) is 0. The Bertz CT molecular complexity index is 783. The predicted molar refractivity (Wildman–Crippen MR) is 89.8 cm³/mol. The number of halogens is 1. The Hall–Kier alpha value is -2.17. The molecular formula is C19H22FN3O. The van der Waals surface area contributed by atoms with E-state index in [0.29, 0.717) is 17.3 Å². The molecule has 4 rings (SSSR count). The molecule has 0 N–H and O–H groups in total. The number of nitrogens with zero attached hydrogens (tertiary/aromatic N) is 3. The van der Waals surface area contributed by atoms with Gasteiger partial charge in [-0.15, -0.1) is 0 Å². The normalized spacial score (nSPS) is 20.2. The van der Waals surface area contributed by atoms with Gasteiger partial charge >= 0.3 is 0 Å². The second-order valence-corrected chi connectivity index (χ2v) is 6.99. The molecule has 1 saturated heterocycles. The summed E-state index contributed by atoms with van der Waals surface area (Å²) in [5.41, 5.74) is 2.97. The second kappa shape index (κ2) is 6.04. The van der Waals surface area contributed by atoms with E-state index in [0.717, 1.165) is 50.0 Å². The third-order valence-corrected chi connectivity index (χ3v) is 5.16. The molecule has 1 amide bonds. The monoisotopic (exact) mass is 327 g/mol. The van der Waals surface area contributed by atoms with Crippen LogP contribution in [-0.2, 0) is 12.8 Å². The highest BCUT2D eigenvalue weighted by Crippen LogP contribution is 2.30. The van der Waals surface area contributed by atoms with Gasteiger partial charge in [-0.25, -0.2) is 9.07 Å². The van der Waals surface area contributed by atoms with Gasteiger partial charge in [-0.05, 0) is 50.2 Å². The zero-order valence-electron chi connectivity index (χ0n) is 14.0. The number of piperidine rings is 1. The molecule has 1 fully saturated rings. The van der Waals surface area contributed by atoms with Crippen LogP contribution in [0.2, 0.25) is 0 Å². The summed E-state index contributed by atoms with van der Waals surface area (Å²) in [5.74, 6) is 0.236. The summed E-state index contributed by atoms with van der Waals surface area (Å²) in [6, 6.07) is 6.63.